The summed E-state index contributed by atoms with van der Waals surface area (Å²) in [6, 6.07) is 12.3. The van der Waals surface area contributed by atoms with Crippen molar-refractivity contribution in [1.29, 1.82) is 0 Å². The fourth-order valence-electron chi connectivity index (χ4n) is 8.81. The van der Waals surface area contributed by atoms with Crippen molar-refractivity contribution >= 4 is 33.6 Å². The second kappa shape index (κ2) is 14.2. The van der Waals surface area contributed by atoms with Gasteiger partial charge in [0.15, 0.2) is 6.29 Å². The van der Waals surface area contributed by atoms with Crippen LogP contribution in [0.25, 0.3) is 0 Å². The molecule has 4 heterocycles. The molecule has 50 heavy (non-hydrogen) atoms. The molecule has 2 spiro atoms. The molecule has 2 aliphatic carbocycles. The minimum absolute atomic E-state index is 0.0292. The Labute approximate surface area is 302 Å². The lowest BCUT2D eigenvalue weighted by atomic mass is 9.64. The molecular weight excluding hydrogens is 674 g/mol. The van der Waals surface area contributed by atoms with Gasteiger partial charge in [-0.1, -0.05) is 36.7 Å². The zero-order valence-electron chi connectivity index (χ0n) is 29.6. The maximum Gasteiger partial charge on any atom is 0.214 e. The van der Waals surface area contributed by atoms with Crippen LogP contribution in [0.5, 0.6) is 5.75 Å². The van der Waals surface area contributed by atoms with Gasteiger partial charge in [0.25, 0.3) is 0 Å². The number of nitrogens with one attached hydrogen (secondary N) is 2. The second-order valence-corrected chi connectivity index (χ2v) is 18.4. The predicted molar refractivity (Wildman–Crippen MR) is 197 cm³/mol. The number of halogens is 1. The molecule has 0 aromatic heterocycles. The van der Waals surface area contributed by atoms with E-state index in [1.807, 2.05) is 37.3 Å². The zero-order valence-corrected chi connectivity index (χ0v) is 31.2. The first-order valence-corrected chi connectivity index (χ1v) is 20.2. The lowest BCUT2D eigenvalue weighted by molar-refractivity contribution is -0.139. The number of ether oxygens (including phenoxy) is 3. The third kappa shape index (κ3) is 6.76. The van der Waals surface area contributed by atoms with Crippen molar-refractivity contribution in [3.63, 3.8) is 0 Å². The Hall–Kier alpha value is -2.47. The minimum Gasteiger partial charge on any atom is -0.490 e. The highest BCUT2D eigenvalue weighted by Crippen LogP contribution is 2.48. The molecule has 3 fully saturated rings. The van der Waals surface area contributed by atoms with Gasteiger partial charge in [-0.05, 0) is 104 Å². The topological polar surface area (TPSA) is 106 Å². The summed E-state index contributed by atoms with van der Waals surface area (Å²) in [5.41, 5.74) is 3.79. The molecule has 6 aliphatic rings. The van der Waals surface area contributed by atoms with Gasteiger partial charge in [-0.2, -0.15) is 0 Å². The molecule has 6 atom stereocenters. The molecule has 2 aromatic carbocycles. The van der Waals surface area contributed by atoms with Gasteiger partial charge in [0.1, 0.15) is 11.4 Å². The first-order valence-electron chi connectivity index (χ1n) is 18.3. The number of fused-ring (bicyclic) bond motifs is 4. The minimum atomic E-state index is -3.58. The number of hydrogen-bond donors (Lipinski definition) is 2. The van der Waals surface area contributed by atoms with Gasteiger partial charge in [-0.15, -0.1) is 0 Å². The fraction of sp³-hybridized carbons (Fsp3) is 0.615. The number of benzene rings is 2. The number of rotatable bonds is 2. The van der Waals surface area contributed by atoms with Crippen molar-refractivity contribution in [1.82, 2.24) is 10.0 Å². The highest BCUT2D eigenvalue weighted by Gasteiger charge is 2.49. The molecule has 0 amide bonds. The Bertz CT molecular complexity index is 1700. The lowest BCUT2D eigenvalue weighted by Gasteiger charge is -2.48. The van der Waals surface area contributed by atoms with Crippen LogP contribution in [0.15, 0.2) is 48.6 Å². The van der Waals surface area contributed by atoms with Crippen molar-refractivity contribution in [2.45, 2.75) is 75.2 Å². The number of sulfonamides is 1. The number of carbonyl (C=O) groups excluding carboxylic acids is 1. The highest BCUT2D eigenvalue weighted by atomic mass is 35.5. The van der Waals surface area contributed by atoms with Gasteiger partial charge >= 0.3 is 0 Å². The quantitative estimate of drug-likeness (QED) is 0.312. The largest absolute Gasteiger partial charge is 0.490 e. The zero-order chi connectivity index (χ0) is 35.1. The monoisotopic (exact) mass is 725 g/mol. The van der Waals surface area contributed by atoms with Gasteiger partial charge < -0.3 is 24.4 Å². The summed E-state index contributed by atoms with van der Waals surface area (Å²) < 4.78 is 47.0. The Morgan fingerprint density at radius 3 is 2.54 bits per heavy atom. The fourth-order valence-corrected chi connectivity index (χ4v) is 10.4. The van der Waals surface area contributed by atoms with Gasteiger partial charge in [-0.25, -0.2) is 13.1 Å². The van der Waals surface area contributed by atoms with Crippen LogP contribution in [0, 0.1) is 23.2 Å². The molecule has 1 saturated carbocycles. The standard InChI is InChI=1S/C34H43ClN2O5S.C5H9NO/c1-23-6-4-15-34(21-38,41-3)30-11-9-27(30)19-37-20-33(14-5-7-26-17-28(35)10-12-29(26)33)22-42-32-13-8-25(16-31(32)37)18-36-43(39,40)24(23)2;1-5(2-6-1)3-7-4-5/h4,8,10,12-13,15-17,21,23-24,27,30,36H,5-7,9,11,14,18-20,22H2,1-3H3;6H,1-4H2/b15-4+;/t23-,24+,27-,30+,33-,34+;/m0./s1. The van der Waals surface area contributed by atoms with E-state index in [4.69, 9.17) is 25.8 Å². The molecule has 11 heteroatoms. The molecular formula is C39H52ClN3O6S. The molecule has 4 aliphatic heterocycles. The molecule has 0 unspecified atom stereocenters. The van der Waals surface area contributed by atoms with E-state index >= 15 is 0 Å². The second-order valence-electron chi connectivity index (χ2n) is 15.8. The molecule has 0 radical (unpaired) electrons. The molecule has 2 saturated heterocycles. The van der Waals surface area contributed by atoms with Gasteiger partial charge in [0, 0.05) is 61.6 Å². The van der Waals surface area contributed by atoms with E-state index < -0.39 is 20.9 Å². The first-order chi connectivity index (χ1) is 24.0. The lowest BCUT2D eigenvalue weighted by Crippen LogP contribution is -2.64. The van der Waals surface area contributed by atoms with Crippen LogP contribution in [0.1, 0.15) is 62.6 Å². The van der Waals surface area contributed by atoms with Crippen molar-refractivity contribution in [3.05, 3.63) is 70.3 Å². The van der Waals surface area contributed by atoms with Crippen LogP contribution in [0.2, 0.25) is 5.02 Å². The summed E-state index contributed by atoms with van der Waals surface area (Å²) >= 11 is 6.42. The van der Waals surface area contributed by atoms with E-state index in [-0.39, 0.29) is 29.7 Å². The molecule has 2 aromatic rings. The number of carbonyl (C=O) groups is 1. The summed E-state index contributed by atoms with van der Waals surface area (Å²) in [6.45, 7) is 10.3. The Morgan fingerprint density at radius 1 is 1.08 bits per heavy atom. The van der Waals surface area contributed by atoms with E-state index in [1.54, 1.807) is 14.0 Å². The molecule has 9 nitrogen and oxygen atoms in total. The summed E-state index contributed by atoms with van der Waals surface area (Å²) in [7, 11) is -1.97. The number of methoxy groups -OCH3 is 1. The summed E-state index contributed by atoms with van der Waals surface area (Å²) in [6.07, 6.45) is 10.3. The van der Waals surface area contributed by atoms with Gasteiger partial charge in [0.2, 0.25) is 10.0 Å². The normalized spacial score (nSPS) is 34.5. The Balaban J connectivity index is 0.000000493. The summed E-state index contributed by atoms with van der Waals surface area (Å²) in [5.74, 6) is 0.941. The van der Waals surface area contributed by atoms with E-state index in [0.717, 1.165) is 86.7 Å². The Morgan fingerprint density at radius 2 is 1.90 bits per heavy atom. The molecule has 8 rings (SSSR count). The van der Waals surface area contributed by atoms with Crippen LogP contribution in [-0.2, 0) is 42.7 Å². The summed E-state index contributed by atoms with van der Waals surface area (Å²) in [4.78, 5) is 15.1. The van der Waals surface area contributed by atoms with E-state index in [0.29, 0.717) is 18.4 Å². The van der Waals surface area contributed by atoms with Crippen LogP contribution < -0.4 is 19.7 Å². The smallest absolute Gasteiger partial charge is 0.214 e. The predicted octanol–water partition coefficient (Wildman–Crippen LogP) is 5.43. The number of nitrogens with zero attached hydrogens (tertiary/aromatic N) is 1. The number of hydrogen-bond acceptors (Lipinski definition) is 8. The number of anilines is 1. The van der Waals surface area contributed by atoms with Crippen LogP contribution in [-0.4, -0.2) is 78.7 Å². The van der Waals surface area contributed by atoms with E-state index in [2.05, 4.69) is 33.1 Å². The van der Waals surface area contributed by atoms with Crippen molar-refractivity contribution in [2.24, 2.45) is 23.2 Å². The first kappa shape index (κ1) is 35.9. The maximum absolute atomic E-state index is 13.3. The Kier molecular flexibility index (Phi) is 10.2. The highest BCUT2D eigenvalue weighted by molar-refractivity contribution is 7.90. The third-order valence-electron chi connectivity index (χ3n) is 12.6. The number of aryl methyl sites for hydroxylation is 1. The van der Waals surface area contributed by atoms with Crippen molar-refractivity contribution < 1.29 is 27.4 Å². The van der Waals surface area contributed by atoms with Crippen molar-refractivity contribution in [3.8, 4) is 5.75 Å². The number of aldehydes is 1. The van der Waals surface area contributed by atoms with Crippen LogP contribution >= 0.6 is 11.6 Å². The van der Waals surface area contributed by atoms with Gasteiger partial charge in [0.05, 0.1) is 30.8 Å². The summed E-state index contributed by atoms with van der Waals surface area (Å²) in [5, 5.41) is 3.38. The van der Waals surface area contributed by atoms with E-state index in [1.165, 1.54) is 24.2 Å². The number of allylic oxidation sites excluding steroid dienone is 1. The average Bonchev–Trinajstić information content (AvgIpc) is 3.20. The molecule has 2 bridgehead atoms. The van der Waals surface area contributed by atoms with E-state index in [9.17, 15) is 13.2 Å². The van der Waals surface area contributed by atoms with Crippen LogP contribution in [0.3, 0.4) is 0 Å². The van der Waals surface area contributed by atoms with Crippen molar-refractivity contribution in [2.75, 3.05) is 58.0 Å². The molecule has 272 valence electrons. The van der Waals surface area contributed by atoms with Gasteiger partial charge in [-0.3, -0.25) is 4.79 Å². The molecule has 2 N–H and O–H groups in total. The average molecular weight is 726 g/mol. The SMILES string of the molecule is C1NCC12COC2.CO[C@@]1(C=O)/C=C/C[C@H](C)[C@@H](C)S(=O)(=O)NCc2ccc3c(c2)N(C[C@@H]2CC[C@H]21)C[C@@]1(CCCc2cc(Cl)ccc21)CO3. The maximum atomic E-state index is 13.3. The third-order valence-corrected chi connectivity index (χ3v) is 14.8. The van der Waals surface area contributed by atoms with Crippen LogP contribution in [0.4, 0.5) is 5.69 Å².